The van der Waals surface area contributed by atoms with Gasteiger partial charge < -0.3 is 5.73 Å². The van der Waals surface area contributed by atoms with E-state index in [1.807, 2.05) is 54.6 Å². The van der Waals surface area contributed by atoms with E-state index in [9.17, 15) is 4.79 Å². The van der Waals surface area contributed by atoms with Crippen molar-refractivity contribution in [2.24, 2.45) is 5.73 Å². The second-order valence-electron chi connectivity index (χ2n) is 7.31. The Balaban J connectivity index is 1.60. The van der Waals surface area contributed by atoms with Crippen LogP contribution in [0.25, 0.3) is 0 Å². The SMILES string of the molecule is NC(CC(=O)CN(Cc1ccccc1)Cc1ccccc1)Cc1ccccc1. The zero-order valence-corrected chi connectivity index (χ0v) is 16.2. The van der Waals surface area contributed by atoms with Crippen LogP contribution >= 0.6 is 0 Å². The minimum absolute atomic E-state index is 0.148. The Morgan fingerprint density at radius 1 is 0.714 bits per heavy atom. The fourth-order valence-corrected chi connectivity index (χ4v) is 3.45. The molecule has 3 aromatic rings. The number of nitrogens with two attached hydrogens (primary N) is 1. The van der Waals surface area contributed by atoms with Crippen LogP contribution in [-0.4, -0.2) is 23.3 Å². The highest BCUT2D eigenvalue weighted by atomic mass is 16.1. The number of hydrogen-bond donors (Lipinski definition) is 1. The lowest BCUT2D eigenvalue weighted by molar-refractivity contribution is -0.120. The van der Waals surface area contributed by atoms with E-state index in [0.29, 0.717) is 13.0 Å². The third kappa shape index (κ3) is 6.76. The summed E-state index contributed by atoms with van der Waals surface area (Å²) in [4.78, 5) is 14.9. The van der Waals surface area contributed by atoms with E-state index in [1.54, 1.807) is 0 Å². The minimum atomic E-state index is -0.148. The zero-order valence-electron chi connectivity index (χ0n) is 16.2. The number of carbonyl (C=O) groups is 1. The summed E-state index contributed by atoms with van der Waals surface area (Å²) in [7, 11) is 0. The molecule has 144 valence electrons. The Labute approximate surface area is 167 Å². The second kappa shape index (κ2) is 10.5. The van der Waals surface area contributed by atoms with Crippen LogP contribution < -0.4 is 5.73 Å². The van der Waals surface area contributed by atoms with Crippen LogP contribution in [0.4, 0.5) is 0 Å². The Kier molecular flexibility index (Phi) is 7.53. The molecule has 0 bridgehead atoms. The highest BCUT2D eigenvalue weighted by molar-refractivity contribution is 5.81. The van der Waals surface area contributed by atoms with E-state index in [4.69, 9.17) is 5.73 Å². The minimum Gasteiger partial charge on any atom is -0.327 e. The summed E-state index contributed by atoms with van der Waals surface area (Å²) in [5.74, 6) is 0.190. The number of hydrogen-bond acceptors (Lipinski definition) is 3. The Bertz CT molecular complexity index is 793. The first-order valence-electron chi connectivity index (χ1n) is 9.80. The van der Waals surface area contributed by atoms with Crippen LogP contribution in [0.1, 0.15) is 23.1 Å². The molecule has 1 atom stereocenters. The van der Waals surface area contributed by atoms with Crippen molar-refractivity contribution in [3.05, 3.63) is 108 Å². The molecule has 0 radical (unpaired) electrons. The summed E-state index contributed by atoms with van der Waals surface area (Å²) in [5, 5.41) is 0. The summed E-state index contributed by atoms with van der Waals surface area (Å²) >= 11 is 0. The maximum absolute atomic E-state index is 12.7. The first kappa shape index (κ1) is 20.0. The Morgan fingerprint density at radius 2 is 1.14 bits per heavy atom. The summed E-state index contributed by atoms with van der Waals surface area (Å²) in [6, 6.07) is 30.5. The van der Waals surface area contributed by atoms with E-state index in [2.05, 4.69) is 41.3 Å². The molecule has 0 aliphatic carbocycles. The molecule has 0 aliphatic rings. The highest BCUT2D eigenvalue weighted by Crippen LogP contribution is 2.11. The van der Waals surface area contributed by atoms with Gasteiger partial charge in [0.15, 0.2) is 0 Å². The van der Waals surface area contributed by atoms with Gasteiger partial charge in [0.2, 0.25) is 0 Å². The smallest absolute Gasteiger partial charge is 0.148 e. The average Bonchev–Trinajstić information content (AvgIpc) is 2.70. The van der Waals surface area contributed by atoms with E-state index in [1.165, 1.54) is 16.7 Å². The molecule has 1 unspecified atom stereocenters. The van der Waals surface area contributed by atoms with Crippen LogP contribution in [0.15, 0.2) is 91.0 Å². The van der Waals surface area contributed by atoms with Gasteiger partial charge in [-0.15, -0.1) is 0 Å². The lowest BCUT2D eigenvalue weighted by Gasteiger charge is -2.23. The molecule has 3 aromatic carbocycles. The van der Waals surface area contributed by atoms with Crippen molar-refractivity contribution in [2.75, 3.05) is 6.54 Å². The normalized spacial score (nSPS) is 12.1. The van der Waals surface area contributed by atoms with Gasteiger partial charge in [-0.3, -0.25) is 9.69 Å². The molecule has 28 heavy (non-hydrogen) atoms. The molecule has 3 rings (SSSR count). The Hall–Kier alpha value is -2.75. The number of nitrogens with zero attached hydrogens (tertiary/aromatic N) is 1. The molecule has 3 heteroatoms. The van der Waals surface area contributed by atoms with Gasteiger partial charge in [-0.25, -0.2) is 0 Å². The second-order valence-corrected chi connectivity index (χ2v) is 7.31. The quantitative estimate of drug-likeness (QED) is 0.580. The molecule has 0 spiro atoms. The zero-order chi connectivity index (χ0) is 19.6. The lowest BCUT2D eigenvalue weighted by Crippen LogP contribution is -2.33. The van der Waals surface area contributed by atoms with Crippen molar-refractivity contribution in [1.29, 1.82) is 0 Å². The van der Waals surface area contributed by atoms with Crippen LogP contribution in [0.3, 0.4) is 0 Å². The molecular formula is C25H28N2O. The average molecular weight is 373 g/mol. The first-order valence-corrected chi connectivity index (χ1v) is 9.80. The number of rotatable bonds is 10. The van der Waals surface area contributed by atoms with Crippen LogP contribution in [0, 0.1) is 0 Å². The standard InChI is InChI=1S/C25H28N2O/c26-24(16-21-10-4-1-5-11-21)17-25(28)20-27(18-22-12-6-2-7-13-22)19-23-14-8-3-9-15-23/h1-15,24H,16-20,26H2. The van der Waals surface area contributed by atoms with Crippen molar-refractivity contribution in [3.8, 4) is 0 Å². The first-order chi connectivity index (χ1) is 13.7. The highest BCUT2D eigenvalue weighted by Gasteiger charge is 2.15. The van der Waals surface area contributed by atoms with Crippen molar-refractivity contribution < 1.29 is 4.79 Å². The summed E-state index contributed by atoms with van der Waals surface area (Å²) in [6.07, 6.45) is 1.12. The van der Waals surface area contributed by atoms with E-state index < -0.39 is 0 Å². The summed E-state index contributed by atoms with van der Waals surface area (Å²) in [5.41, 5.74) is 9.84. The lowest BCUT2D eigenvalue weighted by atomic mass is 10.0. The topological polar surface area (TPSA) is 46.3 Å². The van der Waals surface area contributed by atoms with Crippen molar-refractivity contribution in [1.82, 2.24) is 4.90 Å². The van der Waals surface area contributed by atoms with Gasteiger partial charge in [-0.05, 0) is 23.1 Å². The molecule has 0 aromatic heterocycles. The van der Waals surface area contributed by atoms with E-state index >= 15 is 0 Å². The van der Waals surface area contributed by atoms with E-state index in [0.717, 1.165) is 19.5 Å². The van der Waals surface area contributed by atoms with Crippen molar-refractivity contribution >= 4 is 5.78 Å². The van der Waals surface area contributed by atoms with Gasteiger partial charge in [0.25, 0.3) is 0 Å². The Morgan fingerprint density at radius 3 is 1.61 bits per heavy atom. The molecular weight excluding hydrogens is 344 g/mol. The van der Waals surface area contributed by atoms with Crippen LogP contribution in [0.5, 0.6) is 0 Å². The third-order valence-corrected chi connectivity index (χ3v) is 4.73. The molecule has 0 saturated carbocycles. The maximum Gasteiger partial charge on any atom is 0.148 e. The molecule has 3 nitrogen and oxygen atoms in total. The molecule has 0 saturated heterocycles. The van der Waals surface area contributed by atoms with Crippen molar-refractivity contribution in [3.63, 3.8) is 0 Å². The largest absolute Gasteiger partial charge is 0.327 e. The van der Waals surface area contributed by atoms with Gasteiger partial charge in [0.1, 0.15) is 5.78 Å². The van der Waals surface area contributed by atoms with Gasteiger partial charge >= 0.3 is 0 Å². The molecule has 2 N–H and O–H groups in total. The number of benzene rings is 3. The van der Waals surface area contributed by atoms with Gasteiger partial charge in [0, 0.05) is 25.6 Å². The van der Waals surface area contributed by atoms with Gasteiger partial charge in [-0.1, -0.05) is 91.0 Å². The number of carbonyl (C=O) groups excluding carboxylic acids is 1. The molecule has 0 fully saturated rings. The summed E-state index contributed by atoms with van der Waals surface area (Å²) < 4.78 is 0. The third-order valence-electron chi connectivity index (χ3n) is 4.73. The maximum atomic E-state index is 12.7. The molecule has 0 heterocycles. The fourth-order valence-electron chi connectivity index (χ4n) is 3.45. The van der Waals surface area contributed by atoms with Crippen LogP contribution in [0.2, 0.25) is 0 Å². The fraction of sp³-hybridized carbons (Fsp3) is 0.240. The number of ketones is 1. The molecule has 0 aliphatic heterocycles. The van der Waals surface area contributed by atoms with Gasteiger partial charge in [0.05, 0.1) is 6.54 Å². The predicted octanol–water partition coefficient (Wildman–Crippen LogP) is 4.22. The predicted molar refractivity (Wildman–Crippen MR) is 115 cm³/mol. The van der Waals surface area contributed by atoms with Gasteiger partial charge in [-0.2, -0.15) is 0 Å². The summed E-state index contributed by atoms with van der Waals surface area (Å²) in [6.45, 7) is 1.90. The monoisotopic (exact) mass is 372 g/mol. The van der Waals surface area contributed by atoms with Crippen molar-refractivity contribution in [2.45, 2.75) is 32.0 Å². The van der Waals surface area contributed by atoms with E-state index in [-0.39, 0.29) is 11.8 Å². The van der Waals surface area contributed by atoms with Crippen LogP contribution in [-0.2, 0) is 24.3 Å². The molecule has 0 amide bonds. The number of Topliss-reactive ketones (excluding diaryl/α,β-unsaturated/α-hetero) is 1.